The molecule has 0 N–H and O–H groups in total. The van der Waals surface area contributed by atoms with Crippen molar-refractivity contribution in [3.63, 3.8) is 0 Å². The molecule has 6 nitrogen and oxygen atoms in total. The first-order chi connectivity index (χ1) is 21.1. The summed E-state index contributed by atoms with van der Waals surface area (Å²) in [4.78, 5) is 3.74. The molecule has 0 saturated carbocycles. The van der Waals surface area contributed by atoms with Crippen LogP contribution < -0.4 is 20.4 Å². The van der Waals surface area contributed by atoms with Crippen LogP contribution in [-0.2, 0) is 47.9 Å². The van der Waals surface area contributed by atoms with Gasteiger partial charge in [0.05, 0.1) is 0 Å². The maximum atomic E-state index is 13.9. The second-order valence-electron chi connectivity index (χ2n) is 9.72. The van der Waals surface area contributed by atoms with Gasteiger partial charge in [-0.1, -0.05) is 86.0 Å². The SMILES string of the molecule is CC[O-].CC[O-].[O-]c1c(F)cc(F)cc1CN(CCN(Cc1ccccc1)Cc1cc(F)cc(F)c1[O-])Cc1ccccc1.[Ti+4]. The van der Waals surface area contributed by atoms with Gasteiger partial charge in [0.15, 0.2) is 0 Å². The average molecular weight is 661 g/mol. The Morgan fingerprint density at radius 2 is 0.844 bits per heavy atom. The summed E-state index contributed by atoms with van der Waals surface area (Å²) in [5.74, 6) is -5.70. The standard InChI is InChI=1S/C30H28F4N2O2.2C2H5O.Ti/c31-25-13-23(29(37)27(33)15-25)19-35(17-21-7-3-1-4-8-21)11-12-36(18-22-9-5-2-6-10-22)20-24-14-26(32)16-28(34)30(24)38;2*1-2-3;/h1-10,13-16,37-38H,11-12,17-20H2;2*2H2,1H3;/q;2*-1;+4/p-2. The molecule has 0 spiro atoms. The molecule has 0 aliphatic heterocycles. The predicted octanol–water partition coefficient (Wildman–Crippen LogP) is 3.83. The van der Waals surface area contributed by atoms with E-state index >= 15 is 0 Å². The summed E-state index contributed by atoms with van der Waals surface area (Å²) in [5.41, 5.74) is 1.84. The molecule has 45 heavy (non-hydrogen) atoms. The van der Waals surface area contributed by atoms with E-state index in [9.17, 15) is 27.8 Å². The second kappa shape index (κ2) is 21.5. The zero-order chi connectivity index (χ0) is 32.5. The average Bonchev–Trinajstić information content (AvgIpc) is 2.98. The first-order valence-corrected chi connectivity index (χ1v) is 14.1. The van der Waals surface area contributed by atoms with Crippen molar-refractivity contribution in [2.24, 2.45) is 0 Å². The minimum Gasteiger partial charge on any atom is -0.870 e. The van der Waals surface area contributed by atoms with Crippen molar-refractivity contribution in [3.05, 3.63) is 130 Å². The molecule has 0 radical (unpaired) electrons. The zero-order valence-electron chi connectivity index (χ0n) is 25.3. The first-order valence-electron chi connectivity index (χ1n) is 14.1. The molecule has 0 heterocycles. The second-order valence-corrected chi connectivity index (χ2v) is 9.72. The van der Waals surface area contributed by atoms with Crippen LogP contribution in [0.2, 0.25) is 0 Å². The van der Waals surface area contributed by atoms with Gasteiger partial charge in [0.1, 0.15) is 23.3 Å². The molecule has 238 valence electrons. The fraction of sp³-hybridized carbons (Fsp3) is 0.294. The van der Waals surface area contributed by atoms with Crippen molar-refractivity contribution in [1.29, 1.82) is 0 Å². The maximum absolute atomic E-state index is 13.9. The smallest absolute Gasteiger partial charge is 0.870 e. The minimum absolute atomic E-state index is 0. The van der Waals surface area contributed by atoms with Crippen LogP contribution in [-0.4, -0.2) is 36.1 Å². The summed E-state index contributed by atoms with van der Waals surface area (Å²) in [6.45, 7) is 4.57. The first kappa shape index (κ1) is 39.8. The van der Waals surface area contributed by atoms with Gasteiger partial charge in [0.2, 0.25) is 0 Å². The van der Waals surface area contributed by atoms with Crippen LogP contribution in [0, 0.1) is 23.3 Å². The Morgan fingerprint density at radius 1 is 0.533 bits per heavy atom. The van der Waals surface area contributed by atoms with Gasteiger partial charge in [-0.2, -0.15) is 0 Å². The predicted molar refractivity (Wildman–Crippen MR) is 154 cm³/mol. The molecule has 11 heteroatoms. The van der Waals surface area contributed by atoms with Gasteiger partial charge in [-0.25, -0.2) is 17.6 Å². The molecule has 0 bridgehead atoms. The molecule has 0 saturated heterocycles. The van der Waals surface area contributed by atoms with Crippen LogP contribution in [0.25, 0.3) is 0 Å². The molecule has 0 fully saturated rings. The zero-order valence-corrected chi connectivity index (χ0v) is 26.8. The Balaban J connectivity index is 0.00000134. The summed E-state index contributed by atoms with van der Waals surface area (Å²) in [5, 5.41) is 42.6. The van der Waals surface area contributed by atoms with E-state index < -0.39 is 34.8 Å². The van der Waals surface area contributed by atoms with E-state index in [1.807, 2.05) is 70.5 Å². The summed E-state index contributed by atoms with van der Waals surface area (Å²) in [7, 11) is 0. The Morgan fingerprint density at radius 3 is 1.16 bits per heavy atom. The van der Waals surface area contributed by atoms with Gasteiger partial charge in [0, 0.05) is 51.4 Å². The van der Waals surface area contributed by atoms with E-state index in [0.29, 0.717) is 38.3 Å². The van der Waals surface area contributed by atoms with Crippen LogP contribution in [0.3, 0.4) is 0 Å². The van der Waals surface area contributed by atoms with E-state index in [2.05, 4.69) is 0 Å². The van der Waals surface area contributed by atoms with Crippen LogP contribution in [0.15, 0.2) is 84.9 Å². The van der Waals surface area contributed by atoms with Crippen molar-refractivity contribution in [2.75, 3.05) is 26.3 Å². The summed E-state index contributed by atoms with van der Waals surface area (Å²) in [6, 6.07) is 22.0. The molecular formula is C34H36F4N2O4Ti. The van der Waals surface area contributed by atoms with E-state index in [1.165, 1.54) is 0 Å². The van der Waals surface area contributed by atoms with Crippen molar-refractivity contribution >= 4 is 0 Å². The van der Waals surface area contributed by atoms with Gasteiger partial charge >= 0.3 is 21.7 Å². The van der Waals surface area contributed by atoms with Crippen LogP contribution in [0.5, 0.6) is 11.5 Å². The summed E-state index contributed by atoms with van der Waals surface area (Å²) < 4.78 is 55.7. The van der Waals surface area contributed by atoms with Crippen molar-refractivity contribution in [1.82, 2.24) is 9.80 Å². The van der Waals surface area contributed by atoms with Crippen LogP contribution in [0.1, 0.15) is 36.1 Å². The van der Waals surface area contributed by atoms with Gasteiger partial charge in [-0.05, 0) is 34.4 Å². The monoisotopic (exact) mass is 660 g/mol. The Bertz CT molecular complexity index is 1300. The molecule has 0 amide bonds. The summed E-state index contributed by atoms with van der Waals surface area (Å²) >= 11 is 0. The topological polar surface area (TPSA) is 98.7 Å². The van der Waals surface area contributed by atoms with Crippen LogP contribution in [0.4, 0.5) is 17.6 Å². The third-order valence-corrected chi connectivity index (χ3v) is 6.19. The summed E-state index contributed by atoms with van der Waals surface area (Å²) in [6.07, 6.45) is 0. The number of rotatable bonds is 11. The molecule has 4 aromatic carbocycles. The molecule has 0 aromatic heterocycles. The maximum Gasteiger partial charge on any atom is 4.00 e. The molecule has 0 atom stereocenters. The normalized spacial score (nSPS) is 10.4. The van der Waals surface area contributed by atoms with Crippen molar-refractivity contribution in [2.45, 2.75) is 40.0 Å². The number of nitrogens with zero attached hydrogens (tertiary/aromatic N) is 2. The molecule has 4 rings (SSSR count). The minimum atomic E-state index is -1.15. The van der Waals surface area contributed by atoms with Gasteiger partial charge in [-0.3, -0.25) is 9.80 Å². The van der Waals surface area contributed by atoms with E-state index in [4.69, 9.17) is 10.2 Å². The quantitative estimate of drug-likeness (QED) is 0.179. The fourth-order valence-electron chi connectivity index (χ4n) is 4.34. The Kier molecular flexibility index (Phi) is 19.0. The van der Waals surface area contributed by atoms with Crippen molar-refractivity contribution in [3.8, 4) is 11.5 Å². The molecular weight excluding hydrogens is 624 g/mol. The van der Waals surface area contributed by atoms with E-state index in [-0.39, 0.29) is 59.1 Å². The number of benzene rings is 4. The molecule has 4 aromatic rings. The van der Waals surface area contributed by atoms with Gasteiger partial charge in [0.25, 0.3) is 0 Å². The fourth-order valence-corrected chi connectivity index (χ4v) is 4.34. The van der Waals surface area contributed by atoms with Gasteiger partial charge < -0.3 is 20.4 Å². The molecule has 0 unspecified atom stereocenters. The third-order valence-electron chi connectivity index (χ3n) is 6.19. The number of hydrogen-bond acceptors (Lipinski definition) is 6. The molecule has 0 aliphatic carbocycles. The van der Waals surface area contributed by atoms with Crippen LogP contribution >= 0.6 is 0 Å². The number of halogens is 4. The molecule has 0 aliphatic rings. The number of hydrogen-bond donors (Lipinski definition) is 0. The third kappa shape index (κ3) is 14.2. The largest absolute Gasteiger partial charge is 4.00 e. The Labute approximate surface area is 277 Å². The Hall–Kier alpha value is -3.25. The van der Waals surface area contributed by atoms with Crippen molar-refractivity contribution < 1.29 is 59.7 Å². The van der Waals surface area contributed by atoms with Gasteiger partial charge in [-0.15, -0.1) is 13.2 Å². The van der Waals surface area contributed by atoms with E-state index in [0.717, 1.165) is 23.3 Å². The van der Waals surface area contributed by atoms with E-state index in [1.54, 1.807) is 13.8 Å².